The number of nitrogens with one attached hydrogen (secondary N) is 1. The van der Waals surface area contributed by atoms with Gasteiger partial charge in [0.05, 0.1) is 12.7 Å². The third kappa shape index (κ3) is 4.94. The van der Waals surface area contributed by atoms with Crippen LogP contribution in [0.4, 0.5) is 0 Å². The summed E-state index contributed by atoms with van der Waals surface area (Å²) in [6.45, 7) is 15.4. The molecule has 102 valence electrons. The van der Waals surface area contributed by atoms with Crippen LogP contribution in [-0.4, -0.2) is 49.3 Å². The zero-order valence-corrected chi connectivity index (χ0v) is 12.2. The van der Waals surface area contributed by atoms with Crippen molar-refractivity contribution in [3.63, 3.8) is 0 Å². The largest absolute Gasteiger partial charge is 0.376 e. The molecule has 0 radical (unpaired) electrons. The molecule has 1 saturated heterocycles. The molecule has 1 rings (SSSR count). The second-order valence-electron chi connectivity index (χ2n) is 5.77. The van der Waals surface area contributed by atoms with Gasteiger partial charge in [-0.2, -0.15) is 0 Å². The lowest BCUT2D eigenvalue weighted by atomic mass is 10.0. The topological polar surface area (TPSA) is 24.5 Å². The van der Waals surface area contributed by atoms with Crippen molar-refractivity contribution in [2.75, 3.05) is 26.2 Å². The Kier molecular flexibility index (Phi) is 6.45. The second kappa shape index (κ2) is 7.34. The Hall–Kier alpha value is -0.120. The van der Waals surface area contributed by atoms with E-state index in [4.69, 9.17) is 4.74 Å². The molecule has 1 aliphatic rings. The van der Waals surface area contributed by atoms with Gasteiger partial charge in [0.2, 0.25) is 0 Å². The maximum Gasteiger partial charge on any atom is 0.0700 e. The minimum atomic E-state index is 0.434. The summed E-state index contributed by atoms with van der Waals surface area (Å²) >= 11 is 0. The molecule has 2 unspecified atom stereocenters. The highest BCUT2D eigenvalue weighted by Crippen LogP contribution is 2.16. The number of ether oxygens (including phenoxy) is 1. The van der Waals surface area contributed by atoms with E-state index in [1.807, 2.05) is 0 Å². The van der Waals surface area contributed by atoms with Crippen LogP contribution in [0.3, 0.4) is 0 Å². The van der Waals surface area contributed by atoms with Crippen LogP contribution in [0.15, 0.2) is 0 Å². The molecule has 0 aromatic rings. The number of hydrogen-bond acceptors (Lipinski definition) is 3. The highest BCUT2D eigenvalue weighted by molar-refractivity contribution is 4.82. The average molecular weight is 242 g/mol. The van der Waals surface area contributed by atoms with Gasteiger partial charge in [-0.05, 0) is 12.3 Å². The molecule has 0 spiro atoms. The lowest BCUT2D eigenvalue weighted by Gasteiger charge is -2.40. The SMILES string of the molecule is CCC1CN(C(CNC(C)C)C(C)C)CCO1. The summed E-state index contributed by atoms with van der Waals surface area (Å²) in [7, 11) is 0. The molecular formula is C14H30N2O. The van der Waals surface area contributed by atoms with Gasteiger partial charge in [0.1, 0.15) is 0 Å². The number of nitrogens with zero attached hydrogens (tertiary/aromatic N) is 1. The van der Waals surface area contributed by atoms with Gasteiger partial charge in [0.15, 0.2) is 0 Å². The maximum absolute atomic E-state index is 5.75. The van der Waals surface area contributed by atoms with Crippen molar-refractivity contribution in [3.05, 3.63) is 0 Å². The van der Waals surface area contributed by atoms with Gasteiger partial charge in [-0.3, -0.25) is 4.90 Å². The zero-order chi connectivity index (χ0) is 12.8. The van der Waals surface area contributed by atoms with Crippen molar-refractivity contribution in [1.29, 1.82) is 0 Å². The molecule has 1 N–H and O–H groups in total. The molecule has 3 heteroatoms. The van der Waals surface area contributed by atoms with Crippen molar-refractivity contribution in [3.8, 4) is 0 Å². The van der Waals surface area contributed by atoms with E-state index in [0.717, 1.165) is 32.7 Å². The van der Waals surface area contributed by atoms with E-state index in [-0.39, 0.29) is 0 Å². The molecule has 0 saturated carbocycles. The number of rotatable bonds is 6. The first-order chi connectivity index (χ1) is 8.04. The molecule has 17 heavy (non-hydrogen) atoms. The van der Waals surface area contributed by atoms with Gasteiger partial charge in [-0.25, -0.2) is 0 Å². The molecule has 0 amide bonds. The van der Waals surface area contributed by atoms with Crippen LogP contribution in [0.25, 0.3) is 0 Å². The van der Waals surface area contributed by atoms with Crippen LogP contribution >= 0.6 is 0 Å². The van der Waals surface area contributed by atoms with Crippen molar-refractivity contribution in [2.24, 2.45) is 5.92 Å². The van der Waals surface area contributed by atoms with E-state index < -0.39 is 0 Å². The number of hydrogen-bond donors (Lipinski definition) is 1. The van der Waals surface area contributed by atoms with Crippen molar-refractivity contribution in [2.45, 2.75) is 59.2 Å². The van der Waals surface area contributed by atoms with E-state index in [1.54, 1.807) is 0 Å². The Morgan fingerprint density at radius 3 is 2.53 bits per heavy atom. The summed E-state index contributed by atoms with van der Waals surface area (Å²) in [5.41, 5.74) is 0. The summed E-state index contributed by atoms with van der Waals surface area (Å²) in [6, 6.07) is 1.20. The Morgan fingerprint density at radius 1 is 1.29 bits per heavy atom. The van der Waals surface area contributed by atoms with Crippen LogP contribution in [0.5, 0.6) is 0 Å². The van der Waals surface area contributed by atoms with Gasteiger partial charge in [-0.15, -0.1) is 0 Å². The lowest BCUT2D eigenvalue weighted by molar-refractivity contribution is -0.0507. The normalized spacial score (nSPS) is 24.5. The van der Waals surface area contributed by atoms with Gasteiger partial charge in [-0.1, -0.05) is 34.6 Å². The van der Waals surface area contributed by atoms with Gasteiger partial charge in [0, 0.05) is 31.7 Å². The molecular weight excluding hydrogens is 212 g/mol. The fourth-order valence-electron chi connectivity index (χ4n) is 2.43. The molecule has 0 aromatic heterocycles. The molecule has 1 heterocycles. The highest BCUT2D eigenvalue weighted by Gasteiger charge is 2.27. The Morgan fingerprint density at radius 2 is 2.00 bits per heavy atom. The van der Waals surface area contributed by atoms with Crippen molar-refractivity contribution < 1.29 is 4.74 Å². The van der Waals surface area contributed by atoms with Crippen molar-refractivity contribution in [1.82, 2.24) is 10.2 Å². The van der Waals surface area contributed by atoms with E-state index in [9.17, 15) is 0 Å². The maximum atomic E-state index is 5.75. The molecule has 1 aliphatic heterocycles. The minimum Gasteiger partial charge on any atom is -0.376 e. The van der Waals surface area contributed by atoms with E-state index in [1.165, 1.54) is 0 Å². The van der Waals surface area contributed by atoms with Gasteiger partial charge >= 0.3 is 0 Å². The third-order valence-electron chi connectivity index (χ3n) is 3.60. The van der Waals surface area contributed by atoms with E-state index in [2.05, 4.69) is 44.8 Å². The van der Waals surface area contributed by atoms with Crippen molar-refractivity contribution >= 4 is 0 Å². The van der Waals surface area contributed by atoms with E-state index >= 15 is 0 Å². The summed E-state index contributed by atoms with van der Waals surface area (Å²) < 4.78 is 5.75. The Labute approximate surface area is 107 Å². The Balaban J connectivity index is 2.50. The number of morpholine rings is 1. The average Bonchev–Trinajstić information content (AvgIpc) is 2.28. The van der Waals surface area contributed by atoms with Crippen LogP contribution in [0.2, 0.25) is 0 Å². The first-order valence-electron chi connectivity index (χ1n) is 7.13. The molecule has 3 nitrogen and oxygen atoms in total. The lowest BCUT2D eigenvalue weighted by Crippen LogP contribution is -2.53. The summed E-state index contributed by atoms with van der Waals surface area (Å²) in [5.74, 6) is 0.692. The van der Waals surface area contributed by atoms with Gasteiger partial charge < -0.3 is 10.1 Å². The first-order valence-corrected chi connectivity index (χ1v) is 7.13. The van der Waals surface area contributed by atoms with Gasteiger partial charge in [0.25, 0.3) is 0 Å². The Bertz CT molecular complexity index is 206. The third-order valence-corrected chi connectivity index (χ3v) is 3.60. The van der Waals surface area contributed by atoms with Crippen LogP contribution in [0, 0.1) is 5.92 Å². The molecule has 2 atom stereocenters. The quantitative estimate of drug-likeness (QED) is 0.772. The molecule has 0 aromatic carbocycles. The second-order valence-corrected chi connectivity index (χ2v) is 5.77. The zero-order valence-electron chi connectivity index (χ0n) is 12.2. The fourth-order valence-corrected chi connectivity index (χ4v) is 2.43. The van der Waals surface area contributed by atoms with Crippen LogP contribution in [-0.2, 0) is 4.74 Å². The summed E-state index contributed by atoms with van der Waals surface area (Å²) in [4.78, 5) is 2.61. The van der Waals surface area contributed by atoms with Crippen LogP contribution < -0.4 is 5.32 Å². The van der Waals surface area contributed by atoms with Crippen LogP contribution in [0.1, 0.15) is 41.0 Å². The fraction of sp³-hybridized carbons (Fsp3) is 1.00. The summed E-state index contributed by atoms with van der Waals surface area (Å²) in [6.07, 6.45) is 1.56. The highest BCUT2D eigenvalue weighted by atomic mass is 16.5. The standard InChI is InChI=1S/C14H30N2O/c1-6-13-10-16(7-8-17-13)14(11(2)3)9-15-12(4)5/h11-15H,6-10H2,1-5H3. The predicted molar refractivity (Wildman–Crippen MR) is 73.4 cm³/mol. The smallest absolute Gasteiger partial charge is 0.0700 e. The van der Waals surface area contributed by atoms with E-state index in [0.29, 0.717) is 24.1 Å². The molecule has 0 bridgehead atoms. The molecule has 1 fully saturated rings. The predicted octanol–water partition coefficient (Wildman–Crippen LogP) is 2.12. The summed E-state index contributed by atoms with van der Waals surface area (Å²) in [5, 5.41) is 3.57. The monoisotopic (exact) mass is 242 g/mol. The first kappa shape index (κ1) is 14.9. The molecule has 0 aliphatic carbocycles. The minimum absolute atomic E-state index is 0.434.